The number of amides is 1. The van der Waals surface area contributed by atoms with E-state index in [1.54, 1.807) is 24.3 Å². The molecule has 2 N–H and O–H groups in total. The SMILES string of the molecule is O=C(NO)c1ccc(S(=O)(=O)n2ccc3cc(OCc4ccccc4)ccc32)cc1. The fourth-order valence-electron chi connectivity index (χ4n) is 3.09. The minimum atomic E-state index is -3.86. The van der Waals surface area contributed by atoms with Crippen molar-refractivity contribution in [2.24, 2.45) is 0 Å². The highest BCUT2D eigenvalue weighted by atomic mass is 32.2. The molecule has 1 heterocycles. The molecule has 0 radical (unpaired) electrons. The Labute approximate surface area is 173 Å². The predicted octanol–water partition coefficient (Wildman–Crippen LogP) is 3.58. The van der Waals surface area contributed by atoms with Gasteiger partial charge in [0.05, 0.1) is 10.4 Å². The monoisotopic (exact) mass is 422 g/mol. The van der Waals surface area contributed by atoms with Gasteiger partial charge in [-0.1, -0.05) is 30.3 Å². The zero-order valence-electron chi connectivity index (χ0n) is 15.7. The summed E-state index contributed by atoms with van der Waals surface area (Å²) in [5.74, 6) is -0.0748. The van der Waals surface area contributed by atoms with Crippen LogP contribution in [0.15, 0.2) is 90.0 Å². The molecule has 1 aromatic heterocycles. The first-order chi connectivity index (χ1) is 14.5. The van der Waals surface area contributed by atoms with Crippen molar-refractivity contribution in [3.63, 3.8) is 0 Å². The molecular weight excluding hydrogens is 404 g/mol. The number of hydroxylamine groups is 1. The van der Waals surface area contributed by atoms with E-state index in [-0.39, 0.29) is 10.5 Å². The van der Waals surface area contributed by atoms with E-state index < -0.39 is 15.9 Å². The largest absolute Gasteiger partial charge is 0.489 e. The van der Waals surface area contributed by atoms with Gasteiger partial charge in [0.2, 0.25) is 0 Å². The number of carbonyl (C=O) groups excluding carboxylic acids is 1. The van der Waals surface area contributed by atoms with Gasteiger partial charge in [0.25, 0.3) is 15.9 Å². The van der Waals surface area contributed by atoms with E-state index in [0.29, 0.717) is 17.9 Å². The molecule has 0 saturated carbocycles. The van der Waals surface area contributed by atoms with E-state index in [1.165, 1.54) is 39.9 Å². The molecule has 8 heteroatoms. The van der Waals surface area contributed by atoms with Crippen molar-refractivity contribution in [3.05, 3.63) is 96.2 Å². The van der Waals surface area contributed by atoms with Crippen LogP contribution >= 0.6 is 0 Å². The van der Waals surface area contributed by atoms with E-state index in [9.17, 15) is 13.2 Å². The minimum absolute atomic E-state index is 0.0268. The zero-order chi connectivity index (χ0) is 21.1. The molecule has 30 heavy (non-hydrogen) atoms. The van der Waals surface area contributed by atoms with Gasteiger partial charge in [0.15, 0.2) is 0 Å². The van der Waals surface area contributed by atoms with E-state index >= 15 is 0 Å². The summed E-state index contributed by atoms with van der Waals surface area (Å²) in [5, 5.41) is 9.40. The molecule has 7 nitrogen and oxygen atoms in total. The lowest BCUT2D eigenvalue weighted by atomic mass is 10.2. The summed E-state index contributed by atoms with van der Waals surface area (Å²) in [5.41, 5.74) is 3.21. The third kappa shape index (κ3) is 3.78. The van der Waals surface area contributed by atoms with Gasteiger partial charge >= 0.3 is 0 Å². The molecule has 3 aromatic carbocycles. The number of aromatic nitrogens is 1. The lowest BCUT2D eigenvalue weighted by Gasteiger charge is -2.10. The fourth-order valence-corrected chi connectivity index (χ4v) is 4.45. The Balaban J connectivity index is 1.60. The van der Waals surface area contributed by atoms with Gasteiger partial charge in [-0.3, -0.25) is 10.0 Å². The van der Waals surface area contributed by atoms with Gasteiger partial charge in [-0.05, 0) is 54.1 Å². The summed E-state index contributed by atoms with van der Waals surface area (Å²) in [4.78, 5) is 11.5. The average Bonchev–Trinajstić information content (AvgIpc) is 3.22. The fraction of sp³-hybridized carbons (Fsp3) is 0.0455. The lowest BCUT2D eigenvalue weighted by Crippen LogP contribution is -2.18. The molecule has 0 aliphatic rings. The minimum Gasteiger partial charge on any atom is -0.489 e. The first-order valence-corrected chi connectivity index (χ1v) is 10.5. The van der Waals surface area contributed by atoms with Gasteiger partial charge in [-0.2, -0.15) is 0 Å². The second-order valence-corrected chi connectivity index (χ2v) is 8.39. The Morgan fingerprint density at radius 3 is 2.40 bits per heavy atom. The van der Waals surface area contributed by atoms with E-state index in [4.69, 9.17) is 9.94 Å². The van der Waals surface area contributed by atoms with Crippen molar-refractivity contribution in [1.29, 1.82) is 0 Å². The first-order valence-electron chi connectivity index (χ1n) is 9.07. The third-order valence-corrected chi connectivity index (χ3v) is 6.35. The third-order valence-electron chi connectivity index (χ3n) is 4.65. The Morgan fingerprint density at radius 1 is 0.967 bits per heavy atom. The standard InChI is InChI=1S/C22H18N2O5S/c25-22(23-26)17-6-9-20(10-7-17)30(27,28)24-13-12-18-14-19(8-11-21(18)24)29-15-16-4-2-1-3-5-16/h1-14,26H,15H2,(H,23,25). The summed E-state index contributed by atoms with van der Waals surface area (Å²) in [6.45, 7) is 0.416. The molecule has 0 fully saturated rings. The molecule has 0 unspecified atom stereocenters. The van der Waals surface area contributed by atoms with Crippen LogP contribution < -0.4 is 10.2 Å². The van der Waals surface area contributed by atoms with Gasteiger partial charge in [-0.15, -0.1) is 0 Å². The molecule has 4 aromatic rings. The van der Waals surface area contributed by atoms with Crippen LogP contribution in [0.4, 0.5) is 0 Å². The maximum atomic E-state index is 13.0. The lowest BCUT2D eigenvalue weighted by molar-refractivity contribution is 0.0706. The van der Waals surface area contributed by atoms with Crippen molar-refractivity contribution < 1.29 is 23.2 Å². The summed E-state index contributed by atoms with van der Waals surface area (Å²) < 4.78 is 33.1. The van der Waals surface area contributed by atoms with Gasteiger partial charge in [0, 0.05) is 17.1 Å². The summed E-state index contributed by atoms with van der Waals surface area (Å²) in [6.07, 6.45) is 1.48. The van der Waals surface area contributed by atoms with Crippen LogP contribution in [0.1, 0.15) is 15.9 Å². The number of rotatable bonds is 6. The highest BCUT2D eigenvalue weighted by Gasteiger charge is 2.19. The first kappa shape index (κ1) is 19.7. The number of ether oxygens (including phenoxy) is 1. The maximum Gasteiger partial charge on any atom is 0.274 e. The topological polar surface area (TPSA) is 97.6 Å². The van der Waals surface area contributed by atoms with Crippen LogP contribution in [0.5, 0.6) is 5.75 Å². The molecule has 0 spiro atoms. The van der Waals surface area contributed by atoms with Crippen molar-refractivity contribution in [1.82, 2.24) is 9.45 Å². The number of nitrogens with one attached hydrogen (secondary N) is 1. The van der Waals surface area contributed by atoms with Crippen LogP contribution in [0.25, 0.3) is 10.9 Å². The molecule has 0 atom stereocenters. The number of carbonyl (C=O) groups is 1. The highest BCUT2D eigenvalue weighted by Crippen LogP contribution is 2.26. The van der Waals surface area contributed by atoms with Gasteiger partial charge in [0.1, 0.15) is 12.4 Å². The van der Waals surface area contributed by atoms with Crippen molar-refractivity contribution in [2.45, 2.75) is 11.5 Å². The normalized spacial score (nSPS) is 11.4. The smallest absolute Gasteiger partial charge is 0.274 e. The van der Waals surface area contributed by atoms with Crippen LogP contribution in [0.3, 0.4) is 0 Å². The van der Waals surface area contributed by atoms with E-state index in [0.717, 1.165) is 10.9 Å². The number of fused-ring (bicyclic) bond motifs is 1. The molecule has 152 valence electrons. The summed E-state index contributed by atoms with van der Waals surface area (Å²) in [6, 6.07) is 22.0. The average molecular weight is 422 g/mol. The van der Waals surface area contributed by atoms with Crippen LogP contribution in [-0.2, 0) is 16.6 Å². The highest BCUT2D eigenvalue weighted by molar-refractivity contribution is 7.90. The number of nitrogens with zero attached hydrogens (tertiary/aromatic N) is 1. The second kappa shape index (κ2) is 8.02. The Morgan fingerprint density at radius 2 is 1.70 bits per heavy atom. The second-order valence-electron chi connectivity index (χ2n) is 6.58. The summed E-state index contributed by atoms with van der Waals surface area (Å²) in [7, 11) is -3.86. The molecule has 0 saturated heterocycles. The summed E-state index contributed by atoms with van der Waals surface area (Å²) >= 11 is 0. The molecule has 0 bridgehead atoms. The maximum absolute atomic E-state index is 13.0. The van der Waals surface area contributed by atoms with Crippen molar-refractivity contribution >= 4 is 26.8 Å². The van der Waals surface area contributed by atoms with Crippen LogP contribution in [0, 0.1) is 0 Å². The quantitative estimate of drug-likeness (QED) is 0.366. The van der Waals surface area contributed by atoms with Gasteiger partial charge in [-0.25, -0.2) is 17.9 Å². The molecule has 4 rings (SSSR count). The van der Waals surface area contributed by atoms with Crippen LogP contribution in [0.2, 0.25) is 0 Å². The Bertz CT molecular complexity index is 1300. The number of hydrogen-bond acceptors (Lipinski definition) is 5. The van der Waals surface area contributed by atoms with E-state index in [2.05, 4.69) is 0 Å². The number of hydrogen-bond donors (Lipinski definition) is 2. The molecule has 0 aliphatic heterocycles. The van der Waals surface area contributed by atoms with Crippen molar-refractivity contribution in [2.75, 3.05) is 0 Å². The Kier molecular flexibility index (Phi) is 5.26. The van der Waals surface area contributed by atoms with Gasteiger partial charge < -0.3 is 4.74 Å². The van der Waals surface area contributed by atoms with Crippen molar-refractivity contribution in [3.8, 4) is 5.75 Å². The van der Waals surface area contributed by atoms with E-state index in [1.807, 2.05) is 30.3 Å². The van der Waals surface area contributed by atoms with Crippen LogP contribution in [-0.4, -0.2) is 23.5 Å². The zero-order valence-corrected chi connectivity index (χ0v) is 16.5. The molecule has 0 aliphatic carbocycles. The predicted molar refractivity (Wildman–Crippen MR) is 111 cm³/mol. The number of benzene rings is 3. The molecule has 1 amide bonds. The Hall–Kier alpha value is -3.62. The molecular formula is C22H18N2O5S.